The largest absolute Gasteiger partial charge is 0.313 e. The third-order valence-electron chi connectivity index (χ3n) is 5.53. The van der Waals surface area contributed by atoms with Crippen LogP contribution >= 0.6 is 0 Å². The van der Waals surface area contributed by atoms with Gasteiger partial charge in [-0.25, -0.2) is 9.97 Å². The Morgan fingerprint density at radius 1 is 0.471 bits per heavy atom. The molecule has 2 aromatic rings. The predicted octanol–water partition coefficient (Wildman–Crippen LogP) is 2.61. The highest BCUT2D eigenvalue weighted by Gasteiger charge is 2.05. The molecule has 3 rings (SSSR count). The van der Waals surface area contributed by atoms with Crippen LogP contribution in [-0.4, -0.2) is 85.2 Å². The van der Waals surface area contributed by atoms with Gasteiger partial charge in [-0.15, -0.1) is 0 Å². The second-order valence-electron chi connectivity index (χ2n) is 8.18. The molecule has 0 aromatic carbocycles. The Hall–Kier alpha value is -3.10. The van der Waals surface area contributed by atoms with Crippen molar-refractivity contribution in [3.63, 3.8) is 0 Å². The fraction of sp³-hybridized carbons (Fsp3) is 0.462. The van der Waals surface area contributed by atoms with Crippen molar-refractivity contribution in [2.24, 2.45) is 20.0 Å². The van der Waals surface area contributed by atoms with E-state index < -0.39 is 0 Å². The molecule has 2 aromatic heterocycles. The third-order valence-corrected chi connectivity index (χ3v) is 5.53. The van der Waals surface area contributed by atoms with E-state index in [9.17, 15) is 0 Å². The van der Waals surface area contributed by atoms with E-state index in [4.69, 9.17) is 9.97 Å². The molecule has 0 atom stereocenters. The Balaban J connectivity index is 1.72. The van der Waals surface area contributed by atoms with E-state index in [1.165, 1.54) is 0 Å². The average molecular weight is 461 g/mol. The molecule has 0 amide bonds. The molecule has 1 aliphatic rings. The van der Waals surface area contributed by atoms with E-state index in [1.807, 2.05) is 64.1 Å². The SMILES string of the molecule is CC1=NCCNCCN=C(C)c2cccc(n2)C(C)=NCCNCCN=C(C)c2cccc1n2. The Morgan fingerprint density at radius 2 is 0.735 bits per heavy atom. The quantitative estimate of drug-likeness (QED) is 0.631. The van der Waals surface area contributed by atoms with Crippen LogP contribution in [0.3, 0.4) is 0 Å². The number of pyridine rings is 2. The van der Waals surface area contributed by atoms with E-state index in [0.717, 1.165) is 71.8 Å². The molecule has 0 unspecified atom stereocenters. The highest BCUT2D eigenvalue weighted by molar-refractivity contribution is 6.01. The molecule has 0 aliphatic carbocycles. The van der Waals surface area contributed by atoms with Gasteiger partial charge in [-0.1, -0.05) is 12.1 Å². The first-order valence-corrected chi connectivity index (χ1v) is 12.0. The minimum Gasteiger partial charge on any atom is -0.313 e. The first kappa shape index (κ1) is 25.5. The summed E-state index contributed by atoms with van der Waals surface area (Å²) in [7, 11) is 0. The molecule has 34 heavy (non-hydrogen) atoms. The summed E-state index contributed by atoms with van der Waals surface area (Å²) in [6.07, 6.45) is 0. The number of nitrogens with zero attached hydrogens (tertiary/aromatic N) is 6. The van der Waals surface area contributed by atoms with Gasteiger partial charge < -0.3 is 10.6 Å². The second kappa shape index (κ2) is 13.6. The summed E-state index contributed by atoms with van der Waals surface area (Å²) in [5.41, 5.74) is 7.30. The van der Waals surface area contributed by atoms with Crippen molar-refractivity contribution in [3.05, 3.63) is 59.2 Å². The zero-order valence-corrected chi connectivity index (χ0v) is 20.8. The zero-order chi connectivity index (χ0) is 24.2. The second-order valence-corrected chi connectivity index (χ2v) is 8.18. The molecule has 3 heterocycles. The van der Waals surface area contributed by atoms with E-state index in [1.54, 1.807) is 0 Å². The molecular weight excluding hydrogens is 424 g/mol. The van der Waals surface area contributed by atoms with Crippen LogP contribution in [0.25, 0.3) is 0 Å². The fourth-order valence-corrected chi connectivity index (χ4v) is 3.46. The predicted molar refractivity (Wildman–Crippen MR) is 143 cm³/mol. The van der Waals surface area contributed by atoms with Gasteiger partial charge in [0.2, 0.25) is 0 Å². The molecule has 2 N–H and O–H groups in total. The summed E-state index contributed by atoms with van der Waals surface area (Å²) in [5.74, 6) is 0. The maximum Gasteiger partial charge on any atom is 0.0845 e. The molecule has 180 valence electrons. The van der Waals surface area contributed by atoms with Gasteiger partial charge in [-0.3, -0.25) is 20.0 Å². The number of aromatic nitrogens is 2. The fourth-order valence-electron chi connectivity index (χ4n) is 3.46. The first-order valence-electron chi connectivity index (χ1n) is 12.0. The van der Waals surface area contributed by atoms with E-state index in [-0.39, 0.29) is 0 Å². The molecule has 0 saturated heterocycles. The molecule has 8 heteroatoms. The van der Waals surface area contributed by atoms with Crippen LogP contribution in [0.4, 0.5) is 0 Å². The monoisotopic (exact) mass is 460 g/mol. The number of hydrogen-bond donors (Lipinski definition) is 2. The molecule has 0 spiro atoms. The van der Waals surface area contributed by atoms with Crippen molar-refractivity contribution in [3.8, 4) is 0 Å². The number of hydrogen-bond acceptors (Lipinski definition) is 8. The highest BCUT2D eigenvalue weighted by Crippen LogP contribution is 2.05. The summed E-state index contributed by atoms with van der Waals surface area (Å²) in [6, 6.07) is 12.0. The van der Waals surface area contributed by atoms with Gasteiger partial charge in [0, 0.05) is 26.2 Å². The number of rotatable bonds is 0. The van der Waals surface area contributed by atoms with Gasteiger partial charge in [0.1, 0.15) is 0 Å². The van der Waals surface area contributed by atoms with Gasteiger partial charge in [0.25, 0.3) is 0 Å². The lowest BCUT2D eigenvalue weighted by Crippen LogP contribution is -2.22. The van der Waals surface area contributed by atoms with Crippen molar-refractivity contribution >= 4 is 22.8 Å². The minimum atomic E-state index is 0.696. The number of fused-ring (bicyclic) bond motifs is 4. The van der Waals surface area contributed by atoms with Crippen molar-refractivity contribution in [2.45, 2.75) is 27.7 Å². The van der Waals surface area contributed by atoms with E-state index >= 15 is 0 Å². The van der Waals surface area contributed by atoms with Gasteiger partial charge in [0.05, 0.1) is 71.8 Å². The minimum absolute atomic E-state index is 0.696. The first-order chi connectivity index (χ1) is 16.5. The molecule has 0 radical (unpaired) electrons. The van der Waals surface area contributed by atoms with Crippen LogP contribution in [0.5, 0.6) is 0 Å². The Morgan fingerprint density at radius 3 is 1.00 bits per heavy atom. The third kappa shape index (κ3) is 8.04. The van der Waals surface area contributed by atoms with Gasteiger partial charge in [0.15, 0.2) is 0 Å². The summed E-state index contributed by atoms with van der Waals surface area (Å²) in [4.78, 5) is 28.2. The standard InChI is InChI=1S/C26H36N8/c1-19-23-7-5-8-24(33-23)20(2)30-17-13-28-14-18-32-22(4)26-10-6-9-25(34-26)21(3)31-16-12-27-11-15-29-19/h5-10,27-28H,11-18H2,1-4H3. The molecule has 1 aliphatic heterocycles. The van der Waals surface area contributed by atoms with E-state index in [0.29, 0.717) is 26.2 Å². The van der Waals surface area contributed by atoms with Crippen molar-refractivity contribution < 1.29 is 0 Å². The summed E-state index contributed by atoms with van der Waals surface area (Å²) < 4.78 is 0. The van der Waals surface area contributed by atoms with Crippen LogP contribution < -0.4 is 10.6 Å². The zero-order valence-electron chi connectivity index (χ0n) is 20.8. The van der Waals surface area contributed by atoms with Gasteiger partial charge in [-0.2, -0.15) is 0 Å². The number of aliphatic imine (C=N–C) groups is 4. The Bertz CT molecular complexity index is 908. The summed E-state index contributed by atoms with van der Waals surface area (Å²) in [5, 5.41) is 6.81. The van der Waals surface area contributed by atoms with E-state index in [2.05, 4.69) is 30.6 Å². The molecule has 0 saturated carbocycles. The van der Waals surface area contributed by atoms with Gasteiger partial charge in [-0.05, 0) is 52.0 Å². The van der Waals surface area contributed by atoms with Crippen molar-refractivity contribution in [2.75, 3.05) is 52.4 Å². The molecule has 0 fully saturated rings. The molecule has 4 bridgehead atoms. The lowest BCUT2D eigenvalue weighted by molar-refractivity contribution is 0.697. The number of nitrogens with one attached hydrogen (secondary N) is 2. The normalized spacial score (nSPS) is 17.5. The van der Waals surface area contributed by atoms with Crippen LogP contribution in [0.1, 0.15) is 50.5 Å². The van der Waals surface area contributed by atoms with Crippen LogP contribution in [0, 0.1) is 0 Å². The Labute approximate surface area is 202 Å². The maximum atomic E-state index is 4.75. The van der Waals surface area contributed by atoms with Crippen LogP contribution in [0.2, 0.25) is 0 Å². The van der Waals surface area contributed by atoms with Crippen LogP contribution in [-0.2, 0) is 0 Å². The lowest BCUT2D eigenvalue weighted by atomic mass is 10.2. The summed E-state index contributed by atoms with van der Waals surface area (Å²) in [6.45, 7) is 14.0. The average Bonchev–Trinajstić information content (AvgIpc) is 2.86. The topological polar surface area (TPSA) is 99.3 Å². The van der Waals surface area contributed by atoms with Crippen LogP contribution in [0.15, 0.2) is 56.4 Å². The van der Waals surface area contributed by atoms with Crippen molar-refractivity contribution in [1.82, 2.24) is 20.6 Å². The lowest BCUT2D eigenvalue weighted by Gasteiger charge is -2.07. The summed E-state index contributed by atoms with van der Waals surface area (Å²) >= 11 is 0. The highest BCUT2D eigenvalue weighted by atomic mass is 14.9. The van der Waals surface area contributed by atoms with Gasteiger partial charge >= 0.3 is 0 Å². The maximum absolute atomic E-state index is 4.75. The molecular formula is C26H36N8. The van der Waals surface area contributed by atoms with Crippen molar-refractivity contribution in [1.29, 1.82) is 0 Å². The smallest absolute Gasteiger partial charge is 0.0845 e. The molecule has 8 nitrogen and oxygen atoms in total. The Kier molecular flexibility index (Phi) is 10.2.